The fraction of sp³-hybridized carbons (Fsp3) is 0.667. The van der Waals surface area contributed by atoms with Gasteiger partial charge in [-0.2, -0.15) is 0 Å². The summed E-state index contributed by atoms with van der Waals surface area (Å²) in [6.45, 7) is 7.35. The van der Waals surface area contributed by atoms with Gasteiger partial charge in [-0.3, -0.25) is 0 Å². The van der Waals surface area contributed by atoms with E-state index in [4.69, 9.17) is 21.6 Å². The van der Waals surface area contributed by atoms with Crippen molar-refractivity contribution in [2.24, 2.45) is 11.8 Å². The normalized spacial score (nSPS) is 19.9. The first-order valence-electron chi connectivity index (χ1n) is 10.2. The third-order valence-electron chi connectivity index (χ3n) is 5.44. The molecule has 0 aliphatic heterocycles. The molecule has 1 fully saturated rings. The number of hydrogen-bond acceptors (Lipinski definition) is 4. The number of halogens is 1. The lowest BCUT2D eigenvalue weighted by Gasteiger charge is -2.22. The number of alkyl halides is 1. The Bertz CT molecular complexity index is 815. The molecule has 2 heterocycles. The van der Waals surface area contributed by atoms with Gasteiger partial charge in [0.15, 0.2) is 17.0 Å². The zero-order valence-corrected chi connectivity index (χ0v) is 17.4. The van der Waals surface area contributed by atoms with E-state index in [1.54, 1.807) is 6.33 Å². The van der Waals surface area contributed by atoms with Crippen molar-refractivity contribution in [3.8, 4) is 11.8 Å². The Hall–Kier alpha value is -1.80. The molecule has 2 atom stereocenters. The zero-order valence-electron chi connectivity index (χ0n) is 16.6. The summed E-state index contributed by atoms with van der Waals surface area (Å²) in [6.07, 6.45) is 8.81. The highest BCUT2D eigenvalue weighted by atomic mass is 35.5. The lowest BCUT2D eigenvalue weighted by Crippen LogP contribution is -2.19. The second kappa shape index (κ2) is 9.41. The number of hydrogen-bond donors (Lipinski definition) is 1. The van der Waals surface area contributed by atoms with Crippen LogP contribution in [0.3, 0.4) is 0 Å². The summed E-state index contributed by atoms with van der Waals surface area (Å²) in [4.78, 5) is 13.9. The van der Waals surface area contributed by atoms with Crippen LogP contribution in [0.25, 0.3) is 11.2 Å². The van der Waals surface area contributed by atoms with E-state index in [9.17, 15) is 0 Å². The second-order valence-corrected chi connectivity index (χ2v) is 7.97. The van der Waals surface area contributed by atoms with Crippen LogP contribution in [-0.4, -0.2) is 31.4 Å². The van der Waals surface area contributed by atoms with Gasteiger partial charge in [-0.15, -0.1) is 11.6 Å². The highest BCUT2D eigenvalue weighted by molar-refractivity contribution is 6.17. The number of fused-ring (bicyclic) bond motifs is 1. The summed E-state index contributed by atoms with van der Waals surface area (Å²) < 4.78 is 1.98. The van der Waals surface area contributed by atoms with Gasteiger partial charge >= 0.3 is 0 Å². The van der Waals surface area contributed by atoms with Crippen molar-refractivity contribution in [2.75, 3.05) is 11.2 Å². The summed E-state index contributed by atoms with van der Waals surface area (Å²) in [5, 5.41) is 3.53. The van der Waals surface area contributed by atoms with Gasteiger partial charge in [0.25, 0.3) is 0 Å². The SMILES string of the molecule is CCC(CC)Nc1nc(C#CC2CCC[C@@H](C)C2)nc2c1ncn2CCCl. The highest BCUT2D eigenvalue weighted by Crippen LogP contribution is 2.28. The number of rotatable bonds is 6. The molecule has 146 valence electrons. The van der Waals surface area contributed by atoms with Crippen LogP contribution < -0.4 is 5.32 Å². The summed E-state index contributed by atoms with van der Waals surface area (Å²) >= 11 is 5.94. The molecule has 0 spiro atoms. The number of nitrogens with one attached hydrogen (secondary N) is 1. The summed E-state index contributed by atoms with van der Waals surface area (Å²) in [5.74, 6) is 9.77. The molecule has 0 bridgehead atoms. The maximum Gasteiger partial charge on any atom is 0.208 e. The van der Waals surface area contributed by atoms with Crippen LogP contribution in [0.5, 0.6) is 0 Å². The van der Waals surface area contributed by atoms with Crippen molar-refractivity contribution in [3.05, 3.63) is 12.2 Å². The monoisotopic (exact) mass is 387 g/mol. The van der Waals surface area contributed by atoms with Crippen LogP contribution in [-0.2, 0) is 6.54 Å². The van der Waals surface area contributed by atoms with Gasteiger partial charge in [-0.25, -0.2) is 15.0 Å². The second-order valence-electron chi connectivity index (χ2n) is 7.59. The fourth-order valence-electron chi connectivity index (χ4n) is 3.77. The Morgan fingerprint density at radius 1 is 1.30 bits per heavy atom. The predicted octanol–water partition coefficient (Wildman–Crippen LogP) is 4.84. The minimum Gasteiger partial charge on any atom is -0.365 e. The first-order valence-corrected chi connectivity index (χ1v) is 10.7. The first-order chi connectivity index (χ1) is 13.1. The molecule has 5 nitrogen and oxygen atoms in total. The Kier molecular flexibility index (Phi) is 6.95. The molecule has 1 aliphatic carbocycles. The smallest absolute Gasteiger partial charge is 0.208 e. The predicted molar refractivity (Wildman–Crippen MR) is 112 cm³/mol. The molecule has 2 aromatic rings. The summed E-state index contributed by atoms with van der Waals surface area (Å²) in [5.41, 5.74) is 1.60. The molecule has 0 radical (unpaired) electrons. The molecular formula is C21H30ClN5. The van der Waals surface area contributed by atoms with Crippen LogP contribution in [0.15, 0.2) is 6.33 Å². The molecular weight excluding hydrogens is 358 g/mol. The van der Waals surface area contributed by atoms with Gasteiger partial charge in [-0.05, 0) is 37.5 Å². The number of nitrogens with zero attached hydrogens (tertiary/aromatic N) is 4. The van der Waals surface area contributed by atoms with Crippen molar-refractivity contribution in [2.45, 2.75) is 71.9 Å². The van der Waals surface area contributed by atoms with E-state index in [0.717, 1.165) is 35.7 Å². The minimum absolute atomic E-state index is 0.362. The molecule has 2 aromatic heterocycles. The molecule has 0 saturated heterocycles. The topological polar surface area (TPSA) is 55.6 Å². The zero-order chi connectivity index (χ0) is 19.2. The quantitative estimate of drug-likeness (QED) is 0.569. The van der Waals surface area contributed by atoms with E-state index in [1.807, 2.05) is 4.57 Å². The standard InChI is InChI=1S/C21H30ClN5/c1-4-17(5-2)24-20-19-21(27(12-11-22)14-23-19)26-18(25-20)10-9-16-8-6-7-15(3)13-16/h14-17H,4-8,11-13H2,1-3H3,(H,24,25,26)/t15-,16?/m1/s1. The van der Waals surface area contributed by atoms with Crippen LogP contribution in [0.4, 0.5) is 5.82 Å². The highest BCUT2D eigenvalue weighted by Gasteiger charge is 2.18. The molecule has 1 N–H and O–H groups in total. The third-order valence-corrected chi connectivity index (χ3v) is 5.61. The van der Waals surface area contributed by atoms with E-state index in [1.165, 1.54) is 25.7 Å². The molecule has 3 rings (SSSR count). The molecule has 1 unspecified atom stereocenters. The molecule has 1 aliphatic rings. The average Bonchev–Trinajstić information content (AvgIpc) is 3.08. The average molecular weight is 388 g/mol. The Balaban J connectivity index is 1.95. The van der Waals surface area contributed by atoms with Gasteiger partial charge in [0, 0.05) is 24.4 Å². The summed E-state index contributed by atoms with van der Waals surface area (Å²) in [7, 11) is 0. The Morgan fingerprint density at radius 3 is 2.81 bits per heavy atom. The summed E-state index contributed by atoms with van der Waals surface area (Å²) in [6, 6.07) is 0.362. The molecule has 27 heavy (non-hydrogen) atoms. The number of imidazole rings is 1. The number of aryl methyl sites for hydroxylation is 1. The van der Waals surface area contributed by atoms with Crippen molar-refractivity contribution in [1.29, 1.82) is 0 Å². The van der Waals surface area contributed by atoms with Crippen LogP contribution >= 0.6 is 11.6 Å². The van der Waals surface area contributed by atoms with Crippen molar-refractivity contribution < 1.29 is 0 Å². The van der Waals surface area contributed by atoms with E-state index >= 15 is 0 Å². The van der Waals surface area contributed by atoms with Gasteiger partial charge in [-0.1, -0.05) is 39.5 Å². The molecule has 0 amide bonds. The van der Waals surface area contributed by atoms with Crippen molar-refractivity contribution in [1.82, 2.24) is 19.5 Å². The van der Waals surface area contributed by atoms with Gasteiger partial charge in [0.05, 0.1) is 6.33 Å². The Morgan fingerprint density at radius 2 is 2.11 bits per heavy atom. The fourth-order valence-corrected chi connectivity index (χ4v) is 3.96. The van der Waals surface area contributed by atoms with Crippen molar-refractivity contribution >= 4 is 28.6 Å². The maximum atomic E-state index is 5.94. The molecule has 6 heteroatoms. The van der Waals surface area contributed by atoms with Gasteiger partial charge < -0.3 is 9.88 Å². The van der Waals surface area contributed by atoms with Gasteiger partial charge in [0.1, 0.15) is 0 Å². The van der Waals surface area contributed by atoms with Crippen LogP contribution in [0.2, 0.25) is 0 Å². The Labute approximate surface area is 167 Å². The number of anilines is 1. The third kappa shape index (κ3) is 4.93. The molecule has 1 saturated carbocycles. The largest absolute Gasteiger partial charge is 0.365 e. The van der Waals surface area contributed by atoms with Gasteiger partial charge in [0.2, 0.25) is 5.82 Å². The minimum atomic E-state index is 0.362. The van der Waals surface area contributed by atoms with E-state index in [0.29, 0.717) is 30.2 Å². The number of aromatic nitrogens is 4. The van der Waals surface area contributed by atoms with Crippen LogP contribution in [0, 0.1) is 23.7 Å². The van der Waals surface area contributed by atoms with E-state index in [-0.39, 0.29) is 0 Å². The van der Waals surface area contributed by atoms with E-state index in [2.05, 4.69) is 42.9 Å². The van der Waals surface area contributed by atoms with Crippen LogP contribution in [0.1, 0.15) is 65.1 Å². The lowest BCUT2D eigenvalue weighted by atomic mass is 9.83. The first kappa shape index (κ1) is 19.9. The molecule has 0 aromatic carbocycles. The van der Waals surface area contributed by atoms with E-state index < -0.39 is 0 Å². The maximum absolute atomic E-state index is 5.94. The lowest BCUT2D eigenvalue weighted by molar-refractivity contribution is 0.333. The van der Waals surface area contributed by atoms with Crippen molar-refractivity contribution in [3.63, 3.8) is 0 Å².